The number of hydrogen-bond donors (Lipinski definition) is 1. The van der Waals surface area contributed by atoms with Crippen molar-refractivity contribution in [2.24, 2.45) is 0 Å². The fraction of sp³-hybridized carbons (Fsp3) is 0.368. The third-order valence-electron chi connectivity index (χ3n) is 5.15. The van der Waals surface area contributed by atoms with Crippen LogP contribution in [0.2, 0.25) is 6.82 Å². The number of benzene rings is 2. The maximum atomic E-state index is 13.1. The first-order chi connectivity index (χ1) is 12.3. The van der Waals surface area contributed by atoms with Crippen molar-refractivity contribution < 1.29 is 18.2 Å². The van der Waals surface area contributed by atoms with Crippen LogP contribution in [0.15, 0.2) is 59.5 Å². The summed E-state index contributed by atoms with van der Waals surface area (Å²) in [4.78, 5) is 2.21. The lowest BCUT2D eigenvalue weighted by Gasteiger charge is -2.39. The van der Waals surface area contributed by atoms with Crippen molar-refractivity contribution in [2.45, 2.75) is 36.2 Å². The molecule has 138 valence electrons. The lowest BCUT2D eigenvalue weighted by atomic mass is 9.81. The van der Waals surface area contributed by atoms with Crippen molar-refractivity contribution in [1.82, 2.24) is 4.81 Å². The molecule has 3 rings (SSSR count). The number of sulfone groups is 1. The lowest BCUT2D eigenvalue weighted by molar-refractivity contribution is 0.273. The second-order valence-electron chi connectivity index (χ2n) is 7.01. The molecule has 26 heavy (non-hydrogen) atoms. The molecule has 1 fully saturated rings. The summed E-state index contributed by atoms with van der Waals surface area (Å²) in [6, 6.07) is 16.0. The Balaban J connectivity index is 1.75. The second-order valence-corrected chi connectivity index (χ2v) is 9.47. The SMILES string of the molecule is CB(O)N1CCC(C)(S(=O)(=O)c2ccc(Oc3ccccc3)cc2)CC1. The van der Waals surface area contributed by atoms with Crippen molar-refractivity contribution in [2.75, 3.05) is 13.1 Å². The Kier molecular flexibility index (Phi) is 5.41. The van der Waals surface area contributed by atoms with E-state index >= 15 is 0 Å². The standard InChI is InChI=1S/C19H24BNO4S/c1-19(12-14-21(15-13-19)20(2)22)26(23,24)18-10-8-17(9-11-18)25-16-6-4-3-5-7-16/h3-11,22H,12-15H2,1-2H3. The molecule has 1 N–H and O–H groups in total. The summed E-state index contributed by atoms with van der Waals surface area (Å²) >= 11 is 0. The van der Waals surface area contributed by atoms with Gasteiger partial charge < -0.3 is 14.6 Å². The number of hydrogen-bond acceptors (Lipinski definition) is 5. The van der Waals surface area contributed by atoms with E-state index in [1.165, 1.54) is 0 Å². The van der Waals surface area contributed by atoms with Gasteiger partial charge in [-0.15, -0.1) is 0 Å². The molecular weight excluding hydrogens is 349 g/mol. The Morgan fingerprint density at radius 1 is 1.00 bits per heavy atom. The zero-order valence-corrected chi connectivity index (χ0v) is 15.9. The summed E-state index contributed by atoms with van der Waals surface area (Å²) in [6.45, 7) is 4.66. The monoisotopic (exact) mass is 373 g/mol. The van der Waals surface area contributed by atoms with Gasteiger partial charge >= 0.3 is 7.05 Å². The van der Waals surface area contributed by atoms with Gasteiger partial charge in [0, 0.05) is 0 Å². The smallest absolute Gasteiger partial charge is 0.376 e. The Labute approximate surface area is 155 Å². The molecule has 1 heterocycles. The van der Waals surface area contributed by atoms with Gasteiger partial charge in [0.2, 0.25) is 0 Å². The van der Waals surface area contributed by atoms with Crippen LogP contribution in [0.25, 0.3) is 0 Å². The molecule has 0 atom stereocenters. The van der Waals surface area contributed by atoms with Crippen LogP contribution in [0.3, 0.4) is 0 Å². The van der Waals surface area contributed by atoms with Gasteiger partial charge in [0.25, 0.3) is 0 Å². The summed E-state index contributed by atoms with van der Waals surface area (Å²) < 4.78 is 31.2. The van der Waals surface area contributed by atoms with Gasteiger partial charge in [0.1, 0.15) is 11.5 Å². The van der Waals surface area contributed by atoms with E-state index in [0.29, 0.717) is 42.3 Å². The Morgan fingerprint density at radius 3 is 2.08 bits per heavy atom. The van der Waals surface area contributed by atoms with Crippen LogP contribution < -0.4 is 4.74 Å². The van der Waals surface area contributed by atoms with Gasteiger partial charge in [0.15, 0.2) is 9.84 Å². The fourth-order valence-corrected chi connectivity index (χ4v) is 5.02. The second kappa shape index (κ2) is 7.43. The van der Waals surface area contributed by atoms with Gasteiger partial charge in [-0.25, -0.2) is 8.42 Å². The zero-order chi connectivity index (χ0) is 18.8. The van der Waals surface area contributed by atoms with Crippen molar-refractivity contribution in [3.8, 4) is 11.5 Å². The van der Waals surface area contributed by atoms with Crippen LogP contribution in [0.4, 0.5) is 0 Å². The topological polar surface area (TPSA) is 66.8 Å². The summed E-state index contributed by atoms with van der Waals surface area (Å²) in [7, 11) is -4.01. The van der Waals surface area contributed by atoms with E-state index in [2.05, 4.69) is 0 Å². The molecule has 0 aromatic heterocycles. The molecule has 5 nitrogen and oxygen atoms in total. The van der Waals surface area contributed by atoms with E-state index in [9.17, 15) is 13.4 Å². The average Bonchev–Trinajstić information content (AvgIpc) is 2.63. The summed E-state index contributed by atoms with van der Waals surface area (Å²) in [5.41, 5.74) is 0. The molecule has 0 aliphatic carbocycles. The summed E-state index contributed by atoms with van der Waals surface area (Å²) in [5.74, 6) is 1.31. The molecule has 0 saturated carbocycles. The van der Waals surface area contributed by atoms with Crippen LogP contribution in [-0.4, -0.2) is 43.1 Å². The molecule has 0 amide bonds. The highest BCUT2D eigenvalue weighted by Crippen LogP contribution is 2.36. The van der Waals surface area contributed by atoms with Crippen LogP contribution in [0, 0.1) is 0 Å². The predicted octanol–water partition coefficient (Wildman–Crippen LogP) is 3.22. The van der Waals surface area contributed by atoms with E-state index in [4.69, 9.17) is 4.74 Å². The molecule has 0 radical (unpaired) electrons. The van der Waals surface area contributed by atoms with Crippen molar-refractivity contribution in [3.63, 3.8) is 0 Å². The minimum absolute atomic E-state index is 0.311. The largest absolute Gasteiger partial charge is 0.457 e. The highest BCUT2D eigenvalue weighted by atomic mass is 32.2. The highest BCUT2D eigenvalue weighted by molar-refractivity contribution is 7.92. The lowest BCUT2D eigenvalue weighted by Crippen LogP contribution is -2.51. The van der Waals surface area contributed by atoms with Gasteiger partial charge in [0.05, 0.1) is 9.64 Å². The number of rotatable bonds is 5. The summed E-state index contributed by atoms with van der Waals surface area (Å²) in [5, 5.41) is 9.68. The van der Waals surface area contributed by atoms with Crippen LogP contribution >= 0.6 is 0 Å². The molecule has 2 aromatic carbocycles. The minimum atomic E-state index is -3.46. The van der Waals surface area contributed by atoms with Gasteiger partial charge in [-0.2, -0.15) is 0 Å². The molecule has 0 unspecified atom stereocenters. The number of ether oxygens (including phenoxy) is 1. The van der Waals surface area contributed by atoms with Crippen LogP contribution in [0.1, 0.15) is 19.8 Å². The Bertz CT molecular complexity index is 830. The third-order valence-corrected chi connectivity index (χ3v) is 7.74. The highest BCUT2D eigenvalue weighted by Gasteiger charge is 2.43. The van der Waals surface area contributed by atoms with Crippen molar-refractivity contribution >= 4 is 16.9 Å². The molecule has 1 aliphatic rings. The average molecular weight is 373 g/mol. The van der Waals surface area contributed by atoms with Gasteiger partial charge in [-0.05, 0) is 76.1 Å². The first-order valence-electron chi connectivity index (χ1n) is 8.82. The quantitative estimate of drug-likeness (QED) is 0.816. The van der Waals surface area contributed by atoms with Crippen LogP contribution in [-0.2, 0) is 9.84 Å². The maximum absolute atomic E-state index is 13.1. The van der Waals surface area contributed by atoms with E-state index in [-0.39, 0.29) is 0 Å². The van der Waals surface area contributed by atoms with E-state index < -0.39 is 21.6 Å². The molecule has 1 aliphatic heterocycles. The van der Waals surface area contributed by atoms with Gasteiger partial charge in [-0.1, -0.05) is 18.2 Å². The summed E-state index contributed by atoms with van der Waals surface area (Å²) in [6.07, 6.45) is 1.00. The first-order valence-corrected chi connectivity index (χ1v) is 10.3. The third kappa shape index (κ3) is 3.80. The van der Waals surface area contributed by atoms with Crippen molar-refractivity contribution in [3.05, 3.63) is 54.6 Å². The zero-order valence-electron chi connectivity index (χ0n) is 15.1. The maximum Gasteiger partial charge on any atom is 0.376 e. The van der Waals surface area contributed by atoms with Gasteiger partial charge in [-0.3, -0.25) is 0 Å². The van der Waals surface area contributed by atoms with Crippen LogP contribution in [0.5, 0.6) is 11.5 Å². The number of piperidine rings is 1. The van der Waals surface area contributed by atoms with E-state index in [1.54, 1.807) is 38.0 Å². The molecule has 7 heteroatoms. The molecule has 2 aromatic rings. The molecule has 1 saturated heterocycles. The molecular formula is C19H24BNO4S. The normalized spacial score (nSPS) is 17.7. The molecule has 0 bridgehead atoms. The number of para-hydroxylation sites is 1. The Hall–Kier alpha value is -1.83. The minimum Gasteiger partial charge on any atom is -0.457 e. The van der Waals surface area contributed by atoms with E-state index in [0.717, 1.165) is 0 Å². The van der Waals surface area contributed by atoms with Crippen molar-refractivity contribution in [1.29, 1.82) is 0 Å². The van der Waals surface area contributed by atoms with E-state index in [1.807, 2.05) is 35.1 Å². The molecule has 0 spiro atoms. The Morgan fingerprint density at radius 2 is 1.54 bits per heavy atom. The fourth-order valence-electron chi connectivity index (χ4n) is 3.24. The first kappa shape index (κ1) is 19.0. The number of nitrogens with zero attached hydrogens (tertiary/aromatic N) is 1. The predicted molar refractivity (Wildman–Crippen MR) is 103 cm³/mol.